The van der Waals surface area contributed by atoms with Gasteiger partial charge in [-0.1, -0.05) is 26.0 Å². The predicted octanol–water partition coefficient (Wildman–Crippen LogP) is 3.80. The first-order valence-electron chi connectivity index (χ1n) is 8.66. The highest BCUT2D eigenvalue weighted by Crippen LogP contribution is 2.11. The molecule has 0 aliphatic heterocycles. The highest BCUT2D eigenvalue weighted by molar-refractivity contribution is 5.92. The fraction of sp³-hybridized carbons (Fsp3) is 0.421. The molecule has 0 spiro atoms. The molecule has 25 heavy (non-hydrogen) atoms. The van der Waals surface area contributed by atoms with Gasteiger partial charge in [0.05, 0.1) is 0 Å². The number of nitrogens with one attached hydrogen (secondary N) is 1. The zero-order chi connectivity index (χ0) is 18.2. The topological polar surface area (TPSA) is 58.1 Å². The van der Waals surface area contributed by atoms with E-state index in [0.717, 1.165) is 24.1 Å². The number of rotatable bonds is 8. The molecule has 0 saturated carbocycles. The minimum absolute atomic E-state index is 0.0703. The third kappa shape index (κ3) is 5.52. The van der Waals surface area contributed by atoms with Crippen molar-refractivity contribution in [2.45, 2.75) is 40.2 Å². The maximum absolute atomic E-state index is 13.0. The van der Waals surface area contributed by atoms with Gasteiger partial charge in [0, 0.05) is 25.3 Å². The Labute approximate surface area is 148 Å². The second-order valence-electron chi connectivity index (χ2n) is 5.99. The lowest BCUT2D eigenvalue weighted by Gasteiger charge is -2.21. The van der Waals surface area contributed by atoms with Crippen molar-refractivity contribution in [3.8, 4) is 0 Å². The van der Waals surface area contributed by atoms with E-state index in [2.05, 4.69) is 29.1 Å². The van der Waals surface area contributed by atoms with Crippen LogP contribution >= 0.6 is 0 Å². The van der Waals surface area contributed by atoms with E-state index in [1.807, 2.05) is 11.8 Å². The minimum Gasteiger partial charge on any atom is -0.350 e. The zero-order valence-electron chi connectivity index (χ0n) is 15.1. The van der Waals surface area contributed by atoms with Gasteiger partial charge in [-0.05, 0) is 43.5 Å². The Morgan fingerprint density at radius 1 is 1.12 bits per heavy atom. The van der Waals surface area contributed by atoms with Crippen LogP contribution in [0.25, 0.3) is 0 Å². The monoisotopic (exact) mass is 344 g/mol. The number of carbonyl (C=O) groups is 1. The number of carbonyl (C=O) groups excluding carboxylic acids is 1. The molecule has 1 amide bonds. The standard InChI is InChI=1S/C19H25FN4O/c1-4-10-24(11-5-2)18(25)17-12-14(3)22-19(23-17)21-13-15-6-8-16(20)9-7-15/h6-9,12H,4-5,10-11,13H2,1-3H3,(H,21,22,23). The van der Waals surface area contributed by atoms with Crippen LogP contribution in [0.15, 0.2) is 30.3 Å². The molecule has 0 atom stereocenters. The maximum Gasteiger partial charge on any atom is 0.272 e. The van der Waals surface area contributed by atoms with Crippen molar-refractivity contribution < 1.29 is 9.18 Å². The highest BCUT2D eigenvalue weighted by atomic mass is 19.1. The lowest BCUT2D eigenvalue weighted by molar-refractivity contribution is 0.0749. The average molecular weight is 344 g/mol. The van der Waals surface area contributed by atoms with E-state index in [-0.39, 0.29) is 11.7 Å². The summed E-state index contributed by atoms with van der Waals surface area (Å²) in [4.78, 5) is 23.2. The number of aryl methyl sites for hydroxylation is 1. The molecule has 0 unspecified atom stereocenters. The van der Waals surface area contributed by atoms with Gasteiger partial charge in [0.25, 0.3) is 5.91 Å². The number of hydrogen-bond donors (Lipinski definition) is 1. The maximum atomic E-state index is 13.0. The lowest BCUT2D eigenvalue weighted by atomic mass is 10.2. The molecule has 2 aromatic rings. The third-order valence-electron chi connectivity index (χ3n) is 3.71. The van der Waals surface area contributed by atoms with Crippen LogP contribution in [0, 0.1) is 12.7 Å². The minimum atomic E-state index is -0.268. The summed E-state index contributed by atoms with van der Waals surface area (Å²) < 4.78 is 13.0. The molecule has 0 bridgehead atoms. The molecule has 1 N–H and O–H groups in total. The Hall–Kier alpha value is -2.50. The summed E-state index contributed by atoms with van der Waals surface area (Å²) in [5.74, 6) is 0.0648. The molecular formula is C19H25FN4O. The first kappa shape index (κ1) is 18.8. The number of hydrogen-bond acceptors (Lipinski definition) is 4. The first-order valence-corrected chi connectivity index (χ1v) is 8.66. The molecule has 134 valence electrons. The molecule has 0 aliphatic carbocycles. The van der Waals surface area contributed by atoms with Gasteiger partial charge in [-0.3, -0.25) is 4.79 Å². The van der Waals surface area contributed by atoms with Crippen LogP contribution in [0.2, 0.25) is 0 Å². The van der Waals surface area contributed by atoms with Crippen molar-refractivity contribution in [2.24, 2.45) is 0 Å². The van der Waals surface area contributed by atoms with Gasteiger partial charge >= 0.3 is 0 Å². The molecule has 6 heteroatoms. The Kier molecular flexibility index (Phi) is 6.86. The van der Waals surface area contributed by atoms with Crippen molar-refractivity contribution in [3.63, 3.8) is 0 Å². The summed E-state index contributed by atoms with van der Waals surface area (Å²) in [7, 11) is 0. The van der Waals surface area contributed by atoms with E-state index in [0.29, 0.717) is 31.3 Å². The van der Waals surface area contributed by atoms with Gasteiger partial charge in [-0.25, -0.2) is 14.4 Å². The van der Waals surface area contributed by atoms with Crippen molar-refractivity contribution >= 4 is 11.9 Å². The summed E-state index contributed by atoms with van der Waals surface area (Å²) in [6.07, 6.45) is 1.82. The largest absolute Gasteiger partial charge is 0.350 e. The summed E-state index contributed by atoms with van der Waals surface area (Å²) in [6, 6.07) is 7.94. The Bertz CT molecular complexity index is 697. The third-order valence-corrected chi connectivity index (χ3v) is 3.71. The van der Waals surface area contributed by atoms with Crippen molar-refractivity contribution in [1.29, 1.82) is 0 Å². The number of amides is 1. The normalized spacial score (nSPS) is 10.6. The van der Waals surface area contributed by atoms with Crippen LogP contribution in [0.5, 0.6) is 0 Å². The van der Waals surface area contributed by atoms with E-state index >= 15 is 0 Å². The van der Waals surface area contributed by atoms with Crippen LogP contribution in [-0.2, 0) is 6.54 Å². The number of anilines is 1. The lowest BCUT2D eigenvalue weighted by Crippen LogP contribution is -2.33. The van der Waals surface area contributed by atoms with Crippen molar-refractivity contribution in [2.75, 3.05) is 18.4 Å². The average Bonchev–Trinajstić information content (AvgIpc) is 2.60. The summed E-state index contributed by atoms with van der Waals surface area (Å²) in [5, 5.41) is 3.10. The number of halogens is 1. The van der Waals surface area contributed by atoms with Crippen LogP contribution in [0.3, 0.4) is 0 Å². The molecule has 1 heterocycles. The van der Waals surface area contributed by atoms with E-state index in [1.165, 1.54) is 12.1 Å². The highest BCUT2D eigenvalue weighted by Gasteiger charge is 2.17. The van der Waals surface area contributed by atoms with Crippen molar-refractivity contribution in [1.82, 2.24) is 14.9 Å². The summed E-state index contributed by atoms with van der Waals surface area (Å²) in [5.41, 5.74) is 2.04. The number of nitrogens with zero attached hydrogens (tertiary/aromatic N) is 3. The fourth-order valence-corrected chi connectivity index (χ4v) is 2.56. The van der Waals surface area contributed by atoms with Crippen LogP contribution in [0.4, 0.5) is 10.3 Å². The number of benzene rings is 1. The smallest absolute Gasteiger partial charge is 0.272 e. The van der Waals surface area contributed by atoms with Gasteiger partial charge in [-0.2, -0.15) is 0 Å². The SMILES string of the molecule is CCCN(CCC)C(=O)c1cc(C)nc(NCc2ccc(F)cc2)n1. The Balaban J connectivity index is 2.12. The summed E-state index contributed by atoms with van der Waals surface area (Å²) >= 11 is 0. The molecule has 1 aromatic heterocycles. The van der Waals surface area contributed by atoms with Gasteiger partial charge in [0.15, 0.2) is 0 Å². The van der Waals surface area contributed by atoms with E-state index in [1.54, 1.807) is 18.2 Å². The second-order valence-corrected chi connectivity index (χ2v) is 5.99. The zero-order valence-corrected chi connectivity index (χ0v) is 15.1. The second kappa shape index (κ2) is 9.11. The molecule has 0 aliphatic rings. The van der Waals surface area contributed by atoms with Gasteiger partial charge in [-0.15, -0.1) is 0 Å². The Morgan fingerprint density at radius 2 is 1.76 bits per heavy atom. The first-order chi connectivity index (χ1) is 12.0. The Morgan fingerprint density at radius 3 is 2.36 bits per heavy atom. The van der Waals surface area contributed by atoms with Gasteiger partial charge in [0.1, 0.15) is 11.5 Å². The molecule has 0 radical (unpaired) electrons. The van der Waals surface area contributed by atoms with Gasteiger partial charge in [0.2, 0.25) is 5.95 Å². The van der Waals surface area contributed by atoms with Crippen LogP contribution in [0.1, 0.15) is 48.4 Å². The summed E-state index contributed by atoms with van der Waals surface area (Å²) in [6.45, 7) is 7.84. The predicted molar refractivity (Wildman–Crippen MR) is 97.0 cm³/mol. The van der Waals surface area contributed by atoms with Crippen LogP contribution in [-0.4, -0.2) is 33.9 Å². The van der Waals surface area contributed by atoms with E-state index < -0.39 is 0 Å². The fourth-order valence-electron chi connectivity index (χ4n) is 2.56. The molecule has 2 rings (SSSR count). The number of aromatic nitrogens is 2. The molecule has 0 fully saturated rings. The van der Waals surface area contributed by atoms with E-state index in [4.69, 9.17) is 0 Å². The molecule has 0 saturated heterocycles. The molecule has 1 aromatic carbocycles. The van der Waals surface area contributed by atoms with Crippen LogP contribution < -0.4 is 5.32 Å². The quantitative estimate of drug-likeness (QED) is 0.791. The molecular weight excluding hydrogens is 319 g/mol. The van der Waals surface area contributed by atoms with Gasteiger partial charge < -0.3 is 10.2 Å². The molecule has 5 nitrogen and oxygen atoms in total. The van der Waals surface area contributed by atoms with E-state index in [9.17, 15) is 9.18 Å². The van der Waals surface area contributed by atoms with Crippen molar-refractivity contribution in [3.05, 3.63) is 53.1 Å².